The van der Waals surface area contributed by atoms with E-state index in [2.05, 4.69) is 15.9 Å². The standard InChI is InChI=1S/C16H14BrNO3S/c1-11-2-4-12(5-3-11)16-18(15(19)10-22(16,20)21)14-8-6-13(17)7-9-14/h2-9,16H,10H2,1H3. The molecular formula is C16H14BrNO3S. The lowest BCUT2D eigenvalue weighted by Crippen LogP contribution is -2.29. The summed E-state index contributed by atoms with van der Waals surface area (Å²) in [5.41, 5.74) is 2.24. The SMILES string of the molecule is Cc1ccc(C2N(c3ccc(Br)cc3)C(=O)CS2(=O)=O)cc1. The first-order valence-corrected chi connectivity index (χ1v) is 9.25. The molecule has 4 nitrogen and oxygen atoms in total. The summed E-state index contributed by atoms with van der Waals surface area (Å²) in [5, 5.41) is -0.957. The second-order valence-corrected chi connectivity index (χ2v) is 8.29. The first kappa shape index (κ1) is 15.2. The van der Waals surface area contributed by atoms with Gasteiger partial charge in [-0.15, -0.1) is 0 Å². The number of carbonyl (C=O) groups excluding carboxylic acids is 1. The summed E-state index contributed by atoms with van der Waals surface area (Å²) in [4.78, 5) is 13.6. The molecule has 2 aromatic carbocycles. The Kier molecular flexibility index (Phi) is 3.82. The van der Waals surface area contributed by atoms with Crippen LogP contribution in [0.25, 0.3) is 0 Å². The number of benzene rings is 2. The zero-order valence-electron chi connectivity index (χ0n) is 11.9. The molecule has 0 aromatic heterocycles. The van der Waals surface area contributed by atoms with Gasteiger partial charge in [0.05, 0.1) is 0 Å². The van der Waals surface area contributed by atoms with Crippen molar-refractivity contribution < 1.29 is 13.2 Å². The van der Waals surface area contributed by atoms with Crippen LogP contribution in [-0.4, -0.2) is 20.1 Å². The number of aryl methyl sites for hydroxylation is 1. The lowest BCUT2D eigenvalue weighted by atomic mass is 10.1. The summed E-state index contributed by atoms with van der Waals surface area (Å²) in [7, 11) is -3.54. The molecule has 1 aliphatic heterocycles. The van der Waals surface area contributed by atoms with Gasteiger partial charge in [0, 0.05) is 10.2 Å². The maximum atomic E-state index is 12.4. The molecule has 0 spiro atoms. The molecule has 0 aliphatic carbocycles. The third kappa shape index (κ3) is 2.68. The zero-order valence-corrected chi connectivity index (χ0v) is 14.3. The predicted octanol–water partition coefficient (Wildman–Crippen LogP) is 3.22. The number of nitrogens with zero attached hydrogens (tertiary/aromatic N) is 1. The number of carbonyl (C=O) groups is 1. The Bertz CT molecular complexity index is 813. The molecule has 1 heterocycles. The molecule has 1 saturated heterocycles. The third-order valence-electron chi connectivity index (χ3n) is 3.64. The average molecular weight is 380 g/mol. The molecule has 1 atom stereocenters. The quantitative estimate of drug-likeness (QED) is 0.804. The maximum absolute atomic E-state index is 12.4. The summed E-state index contributed by atoms with van der Waals surface area (Å²) >= 11 is 3.34. The largest absolute Gasteiger partial charge is 0.290 e. The second kappa shape index (κ2) is 5.52. The highest BCUT2D eigenvalue weighted by Crippen LogP contribution is 2.37. The van der Waals surface area contributed by atoms with E-state index in [-0.39, 0.29) is 0 Å². The van der Waals surface area contributed by atoms with Crippen molar-refractivity contribution in [2.75, 3.05) is 10.7 Å². The van der Waals surface area contributed by atoms with Crippen LogP contribution >= 0.6 is 15.9 Å². The van der Waals surface area contributed by atoms with Crippen molar-refractivity contribution in [1.29, 1.82) is 0 Å². The molecule has 0 radical (unpaired) electrons. The Morgan fingerprint density at radius 2 is 1.64 bits per heavy atom. The van der Waals surface area contributed by atoms with Crippen LogP contribution in [0.15, 0.2) is 53.0 Å². The van der Waals surface area contributed by atoms with Crippen LogP contribution < -0.4 is 4.90 Å². The van der Waals surface area contributed by atoms with Gasteiger partial charge in [-0.3, -0.25) is 9.69 Å². The van der Waals surface area contributed by atoms with E-state index < -0.39 is 26.9 Å². The van der Waals surface area contributed by atoms with Crippen molar-refractivity contribution in [1.82, 2.24) is 0 Å². The summed E-state index contributed by atoms with van der Waals surface area (Å²) in [6.45, 7) is 1.94. The Balaban J connectivity index is 2.12. The van der Waals surface area contributed by atoms with Gasteiger partial charge in [-0.25, -0.2) is 8.42 Å². The Morgan fingerprint density at radius 3 is 2.23 bits per heavy atom. The molecular weight excluding hydrogens is 366 g/mol. The van der Waals surface area contributed by atoms with Crippen LogP contribution in [0.3, 0.4) is 0 Å². The Labute approximate surface area is 137 Å². The highest BCUT2D eigenvalue weighted by molar-refractivity contribution is 9.10. The molecule has 1 aliphatic rings. The molecule has 3 rings (SSSR count). The van der Waals surface area contributed by atoms with Crippen molar-refractivity contribution in [3.63, 3.8) is 0 Å². The van der Waals surface area contributed by atoms with Gasteiger partial charge in [0.15, 0.2) is 15.2 Å². The molecule has 0 bridgehead atoms. The fraction of sp³-hybridized carbons (Fsp3) is 0.188. The number of halogens is 1. The van der Waals surface area contributed by atoms with Crippen molar-refractivity contribution >= 4 is 37.4 Å². The topological polar surface area (TPSA) is 54.5 Å². The first-order chi connectivity index (χ1) is 10.4. The number of hydrogen-bond donors (Lipinski definition) is 0. The molecule has 0 saturated carbocycles. The van der Waals surface area contributed by atoms with E-state index in [9.17, 15) is 13.2 Å². The van der Waals surface area contributed by atoms with Gasteiger partial charge in [-0.05, 0) is 36.8 Å². The molecule has 22 heavy (non-hydrogen) atoms. The lowest BCUT2D eigenvalue weighted by Gasteiger charge is -2.24. The Morgan fingerprint density at radius 1 is 1.05 bits per heavy atom. The monoisotopic (exact) mass is 379 g/mol. The lowest BCUT2D eigenvalue weighted by molar-refractivity contribution is -0.115. The van der Waals surface area contributed by atoms with Crippen molar-refractivity contribution in [2.24, 2.45) is 0 Å². The summed E-state index contributed by atoms with van der Waals surface area (Å²) in [6, 6.07) is 14.3. The minimum Gasteiger partial charge on any atom is -0.290 e. The van der Waals surface area contributed by atoms with E-state index in [4.69, 9.17) is 0 Å². The van der Waals surface area contributed by atoms with Crippen LogP contribution in [0.1, 0.15) is 16.5 Å². The molecule has 1 unspecified atom stereocenters. The van der Waals surface area contributed by atoms with Gasteiger partial charge in [0.25, 0.3) is 0 Å². The van der Waals surface area contributed by atoms with Gasteiger partial charge in [0.1, 0.15) is 5.75 Å². The van der Waals surface area contributed by atoms with Gasteiger partial charge >= 0.3 is 0 Å². The number of sulfone groups is 1. The van der Waals surface area contributed by atoms with E-state index in [0.29, 0.717) is 11.3 Å². The van der Waals surface area contributed by atoms with Crippen molar-refractivity contribution in [3.8, 4) is 0 Å². The predicted molar refractivity (Wildman–Crippen MR) is 89.3 cm³/mol. The van der Waals surface area contributed by atoms with E-state index >= 15 is 0 Å². The van der Waals surface area contributed by atoms with E-state index in [1.165, 1.54) is 4.90 Å². The van der Waals surface area contributed by atoms with Crippen molar-refractivity contribution in [3.05, 3.63) is 64.1 Å². The first-order valence-electron chi connectivity index (χ1n) is 6.74. The normalized spacial score (nSPS) is 20.4. The van der Waals surface area contributed by atoms with Gasteiger partial charge in [-0.2, -0.15) is 0 Å². The molecule has 0 N–H and O–H groups in total. The zero-order chi connectivity index (χ0) is 15.9. The highest BCUT2D eigenvalue weighted by Gasteiger charge is 2.45. The van der Waals surface area contributed by atoms with Crippen LogP contribution in [-0.2, 0) is 14.6 Å². The van der Waals surface area contributed by atoms with E-state index in [1.807, 2.05) is 19.1 Å². The van der Waals surface area contributed by atoms with E-state index in [0.717, 1.165) is 10.0 Å². The van der Waals surface area contributed by atoms with Gasteiger partial charge in [-0.1, -0.05) is 45.8 Å². The average Bonchev–Trinajstić information content (AvgIpc) is 2.70. The van der Waals surface area contributed by atoms with Gasteiger partial charge < -0.3 is 0 Å². The number of hydrogen-bond acceptors (Lipinski definition) is 3. The number of anilines is 1. The van der Waals surface area contributed by atoms with Gasteiger partial charge in [0.2, 0.25) is 5.91 Å². The highest BCUT2D eigenvalue weighted by atomic mass is 79.9. The van der Waals surface area contributed by atoms with Crippen LogP contribution in [0, 0.1) is 6.92 Å². The summed E-state index contributed by atoms with van der Waals surface area (Å²) in [6.07, 6.45) is 0. The number of rotatable bonds is 2. The summed E-state index contributed by atoms with van der Waals surface area (Å²) in [5.74, 6) is -0.852. The van der Waals surface area contributed by atoms with E-state index in [1.54, 1.807) is 36.4 Å². The van der Waals surface area contributed by atoms with Crippen LogP contribution in [0.4, 0.5) is 5.69 Å². The summed E-state index contributed by atoms with van der Waals surface area (Å²) < 4.78 is 25.7. The van der Waals surface area contributed by atoms with Crippen LogP contribution in [0.5, 0.6) is 0 Å². The number of amides is 1. The molecule has 6 heteroatoms. The van der Waals surface area contributed by atoms with Crippen LogP contribution in [0.2, 0.25) is 0 Å². The molecule has 114 valence electrons. The fourth-order valence-corrected chi connectivity index (χ4v) is 4.62. The molecule has 1 fully saturated rings. The second-order valence-electron chi connectivity index (χ2n) is 5.31. The molecule has 1 amide bonds. The fourth-order valence-electron chi connectivity index (χ4n) is 2.58. The minimum atomic E-state index is -3.54. The smallest absolute Gasteiger partial charge is 0.243 e. The minimum absolute atomic E-state index is 0.395. The molecule has 2 aromatic rings. The third-order valence-corrected chi connectivity index (χ3v) is 5.98. The van der Waals surface area contributed by atoms with Crippen molar-refractivity contribution in [2.45, 2.75) is 12.3 Å². The Hall–Kier alpha value is -1.66. The maximum Gasteiger partial charge on any atom is 0.243 e.